The second kappa shape index (κ2) is 8.94. The molecule has 0 radical (unpaired) electrons. The van der Waals surface area contributed by atoms with E-state index in [2.05, 4.69) is 0 Å². The van der Waals surface area contributed by atoms with Crippen LogP contribution in [0.2, 0.25) is 0 Å². The van der Waals surface area contributed by atoms with Crippen LogP contribution in [0.5, 0.6) is 11.5 Å². The van der Waals surface area contributed by atoms with Gasteiger partial charge in [0.05, 0.1) is 20.3 Å². The Kier molecular flexibility index (Phi) is 6.66. The molecule has 0 fully saturated rings. The number of aromatic carboxylic acids is 1. The van der Waals surface area contributed by atoms with Crippen molar-refractivity contribution in [3.63, 3.8) is 0 Å². The molecule has 1 heterocycles. The van der Waals surface area contributed by atoms with E-state index < -0.39 is 5.97 Å². The number of carboxylic acid groups (broad SMARTS) is 1. The zero-order valence-electron chi connectivity index (χ0n) is 15.2. The highest BCUT2D eigenvalue weighted by Crippen LogP contribution is 2.18. The van der Waals surface area contributed by atoms with E-state index in [-0.39, 0.29) is 18.0 Å². The Balaban J connectivity index is 1.74. The van der Waals surface area contributed by atoms with Crippen molar-refractivity contribution < 1.29 is 28.6 Å². The van der Waals surface area contributed by atoms with Gasteiger partial charge < -0.3 is 23.9 Å². The second-order valence-corrected chi connectivity index (χ2v) is 5.87. The summed E-state index contributed by atoms with van der Waals surface area (Å²) < 4.78 is 16.1. The van der Waals surface area contributed by atoms with Gasteiger partial charge in [-0.05, 0) is 43.7 Å². The van der Waals surface area contributed by atoms with Crippen LogP contribution in [0, 0.1) is 6.92 Å². The summed E-state index contributed by atoms with van der Waals surface area (Å²) in [4.78, 5) is 24.7. The quantitative estimate of drug-likeness (QED) is 0.690. The van der Waals surface area contributed by atoms with Gasteiger partial charge in [0.25, 0.3) is 0 Å². The molecule has 0 aliphatic carbocycles. The van der Waals surface area contributed by atoms with Gasteiger partial charge in [0.2, 0.25) is 5.91 Å². The first kappa shape index (κ1) is 19.4. The SMILES string of the molecule is COc1ccc(OCCCC(=O)N(C)Cc2cc(C(=O)O)c(C)o2)cc1. The molecule has 1 N–H and O–H groups in total. The second-order valence-electron chi connectivity index (χ2n) is 5.87. The lowest BCUT2D eigenvalue weighted by molar-refractivity contribution is -0.130. The van der Waals surface area contributed by atoms with Crippen LogP contribution in [0.3, 0.4) is 0 Å². The van der Waals surface area contributed by atoms with Crippen molar-refractivity contribution in [2.75, 3.05) is 20.8 Å². The Morgan fingerprint density at radius 3 is 2.42 bits per heavy atom. The molecule has 2 aromatic rings. The van der Waals surface area contributed by atoms with Gasteiger partial charge >= 0.3 is 5.97 Å². The van der Waals surface area contributed by atoms with E-state index in [4.69, 9.17) is 19.0 Å². The number of aryl methyl sites for hydroxylation is 1. The van der Waals surface area contributed by atoms with E-state index in [1.54, 1.807) is 21.1 Å². The minimum absolute atomic E-state index is 0.0609. The maximum Gasteiger partial charge on any atom is 0.339 e. The molecular weight excluding hydrogens is 338 g/mol. The Bertz CT molecular complexity index is 750. The van der Waals surface area contributed by atoms with Crippen molar-refractivity contribution in [2.24, 2.45) is 0 Å². The lowest BCUT2D eigenvalue weighted by atomic mass is 10.2. The van der Waals surface area contributed by atoms with Crippen molar-refractivity contribution in [3.05, 3.63) is 47.4 Å². The van der Waals surface area contributed by atoms with Gasteiger partial charge in [0.15, 0.2) is 0 Å². The molecule has 0 unspecified atom stereocenters. The zero-order valence-corrected chi connectivity index (χ0v) is 15.2. The lowest BCUT2D eigenvalue weighted by Crippen LogP contribution is -2.26. The number of rotatable bonds is 9. The van der Waals surface area contributed by atoms with Crippen LogP contribution < -0.4 is 9.47 Å². The minimum Gasteiger partial charge on any atom is -0.497 e. The maximum absolute atomic E-state index is 12.2. The number of amides is 1. The largest absolute Gasteiger partial charge is 0.497 e. The number of furan rings is 1. The molecule has 0 aliphatic heterocycles. The van der Waals surface area contributed by atoms with E-state index in [0.29, 0.717) is 31.0 Å². The van der Waals surface area contributed by atoms with Crippen LogP contribution in [0.1, 0.15) is 34.7 Å². The summed E-state index contributed by atoms with van der Waals surface area (Å²) in [5.41, 5.74) is 0.119. The van der Waals surface area contributed by atoms with Crippen LogP contribution in [0.25, 0.3) is 0 Å². The Labute approximate surface area is 152 Å². The number of nitrogens with zero attached hydrogens (tertiary/aromatic N) is 1. The lowest BCUT2D eigenvalue weighted by Gasteiger charge is -2.15. The minimum atomic E-state index is -1.04. The van der Waals surface area contributed by atoms with E-state index >= 15 is 0 Å². The topological polar surface area (TPSA) is 89.2 Å². The number of carbonyl (C=O) groups excluding carboxylic acids is 1. The van der Waals surface area contributed by atoms with Gasteiger partial charge in [-0.1, -0.05) is 0 Å². The van der Waals surface area contributed by atoms with Crippen LogP contribution >= 0.6 is 0 Å². The summed E-state index contributed by atoms with van der Waals surface area (Å²) in [6.45, 7) is 2.24. The average Bonchev–Trinajstić information content (AvgIpc) is 2.99. The molecule has 1 aromatic carbocycles. The molecule has 2 rings (SSSR count). The summed E-state index contributed by atoms with van der Waals surface area (Å²) in [7, 11) is 3.26. The third kappa shape index (κ3) is 5.27. The first-order valence-electron chi connectivity index (χ1n) is 8.24. The highest BCUT2D eigenvalue weighted by atomic mass is 16.5. The van der Waals surface area contributed by atoms with Crippen LogP contribution in [-0.4, -0.2) is 42.6 Å². The first-order chi connectivity index (χ1) is 12.4. The number of hydrogen-bond acceptors (Lipinski definition) is 5. The Morgan fingerprint density at radius 2 is 1.85 bits per heavy atom. The first-order valence-corrected chi connectivity index (χ1v) is 8.24. The highest BCUT2D eigenvalue weighted by Gasteiger charge is 2.16. The number of ether oxygens (including phenoxy) is 2. The van der Waals surface area contributed by atoms with Gasteiger partial charge in [0, 0.05) is 13.5 Å². The van der Waals surface area contributed by atoms with Crippen LogP contribution in [0.15, 0.2) is 34.7 Å². The standard InChI is InChI=1S/C19H23NO6/c1-13-17(19(22)23)11-16(26-13)12-20(2)18(21)5-4-10-25-15-8-6-14(24-3)7-9-15/h6-9,11H,4-5,10,12H2,1-3H3,(H,22,23). The van der Waals surface area contributed by atoms with Gasteiger partial charge in [0.1, 0.15) is 28.6 Å². The zero-order chi connectivity index (χ0) is 19.1. The van der Waals surface area contributed by atoms with E-state index in [1.807, 2.05) is 24.3 Å². The molecule has 7 nitrogen and oxygen atoms in total. The number of carbonyl (C=O) groups is 2. The third-order valence-electron chi connectivity index (χ3n) is 3.88. The fourth-order valence-electron chi connectivity index (χ4n) is 2.43. The maximum atomic E-state index is 12.2. The van der Waals surface area contributed by atoms with Crippen molar-refractivity contribution >= 4 is 11.9 Å². The molecule has 1 aromatic heterocycles. The molecule has 0 saturated carbocycles. The van der Waals surface area contributed by atoms with Crippen molar-refractivity contribution in [3.8, 4) is 11.5 Å². The van der Waals surface area contributed by atoms with Crippen LogP contribution in [0.4, 0.5) is 0 Å². The van der Waals surface area contributed by atoms with Gasteiger partial charge in [-0.3, -0.25) is 4.79 Å². The third-order valence-corrected chi connectivity index (χ3v) is 3.88. The number of benzene rings is 1. The molecule has 7 heteroatoms. The molecule has 140 valence electrons. The molecule has 0 atom stereocenters. The van der Waals surface area contributed by atoms with Gasteiger partial charge in [-0.15, -0.1) is 0 Å². The summed E-state index contributed by atoms with van der Waals surface area (Å²) in [6.07, 6.45) is 0.908. The molecule has 1 amide bonds. The Hall–Kier alpha value is -2.96. The number of methoxy groups -OCH3 is 1. The summed E-state index contributed by atoms with van der Waals surface area (Å²) >= 11 is 0. The van der Waals surface area contributed by atoms with Crippen molar-refractivity contribution in [1.29, 1.82) is 0 Å². The molecule has 0 bridgehead atoms. The van der Waals surface area contributed by atoms with E-state index in [1.165, 1.54) is 11.0 Å². The predicted molar refractivity (Wildman–Crippen MR) is 94.6 cm³/mol. The molecule has 0 saturated heterocycles. The predicted octanol–water partition coefficient (Wildman–Crippen LogP) is 3.11. The normalized spacial score (nSPS) is 10.4. The molecule has 0 aliphatic rings. The number of hydrogen-bond donors (Lipinski definition) is 1. The Morgan fingerprint density at radius 1 is 1.19 bits per heavy atom. The number of carboxylic acids is 1. The van der Waals surface area contributed by atoms with Gasteiger partial charge in [-0.2, -0.15) is 0 Å². The molecular formula is C19H23NO6. The van der Waals surface area contributed by atoms with E-state index in [9.17, 15) is 9.59 Å². The van der Waals surface area contributed by atoms with Crippen molar-refractivity contribution in [1.82, 2.24) is 4.90 Å². The summed E-state index contributed by atoms with van der Waals surface area (Å²) in [6, 6.07) is 8.70. The van der Waals surface area contributed by atoms with Crippen molar-refractivity contribution in [2.45, 2.75) is 26.3 Å². The summed E-state index contributed by atoms with van der Waals surface area (Å²) in [5.74, 6) is 1.16. The van der Waals surface area contributed by atoms with Crippen LogP contribution in [-0.2, 0) is 11.3 Å². The summed E-state index contributed by atoms with van der Waals surface area (Å²) in [5, 5.41) is 9.03. The highest BCUT2D eigenvalue weighted by molar-refractivity contribution is 5.88. The smallest absolute Gasteiger partial charge is 0.339 e. The molecule has 0 spiro atoms. The van der Waals surface area contributed by atoms with Gasteiger partial charge in [-0.25, -0.2) is 4.79 Å². The fourth-order valence-corrected chi connectivity index (χ4v) is 2.43. The molecule has 26 heavy (non-hydrogen) atoms. The average molecular weight is 361 g/mol. The monoisotopic (exact) mass is 361 g/mol. The van der Waals surface area contributed by atoms with E-state index in [0.717, 1.165) is 11.5 Å². The fraction of sp³-hybridized carbons (Fsp3) is 0.368.